The van der Waals surface area contributed by atoms with Crippen LogP contribution in [0.25, 0.3) is 0 Å². The highest BCUT2D eigenvalue weighted by atomic mass is 32.1. The Kier molecular flexibility index (Phi) is 3.02. The summed E-state index contributed by atoms with van der Waals surface area (Å²) in [6, 6.07) is -0.0000869. The Hall–Kier alpha value is -0.940. The van der Waals surface area contributed by atoms with Crippen molar-refractivity contribution in [3.8, 4) is 0 Å². The first-order chi connectivity index (χ1) is 7.22. The van der Waals surface area contributed by atoms with Gasteiger partial charge in [0.1, 0.15) is 4.88 Å². The Labute approximate surface area is 92.6 Å². The molecule has 15 heavy (non-hydrogen) atoms. The molecule has 1 unspecified atom stereocenters. The second kappa shape index (κ2) is 4.28. The molecule has 1 aromatic rings. The second-order valence-electron chi connectivity index (χ2n) is 3.72. The monoisotopic (exact) mass is 226 g/mol. The predicted molar refractivity (Wildman–Crippen MR) is 58.0 cm³/mol. The number of amides is 1. The quantitative estimate of drug-likeness (QED) is 0.820. The summed E-state index contributed by atoms with van der Waals surface area (Å²) >= 11 is 1.41. The van der Waals surface area contributed by atoms with E-state index in [1.807, 2.05) is 6.92 Å². The molecule has 0 saturated carbocycles. The van der Waals surface area contributed by atoms with E-state index < -0.39 is 0 Å². The molecular weight excluding hydrogens is 212 g/mol. The summed E-state index contributed by atoms with van der Waals surface area (Å²) in [4.78, 5) is 18.5. The molecule has 4 nitrogen and oxygen atoms in total. The molecule has 0 radical (unpaired) electrons. The lowest BCUT2D eigenvalue weighted by Crippen LogP contribution is -2.37. The van der Waals surface area contributed by atoms with Crippen molar-refractivity contribution in [1.29, 1.82) is 0 Å². The zero-order valence-electron chi connectivity index (χ0n) is 8.64. The molecule has 1 atom stereocenters. The van der Waals surface area contributed by atoms with Crippen LogP contribution in [0, 0.1) is 6.92 Å². The molecule has 5 heteroatoms. The summed E-state index contributed by atoms with van der Waals surface area (Å²) in [6.07, 6.45) is 3.50. The van der Waals surface area contributed by atoms with Crippen molar-refractivity contribution < 1.29 is 9.90 Å². The Bertz CT molecular complexity index is 364. The van der Waals surface area contributed by atoms with Gasteiger partial charge in [-0.1, -0.05) is 0 Å². The van der Waals surface area contributed by atoms with Gasteiger partial charge in [-0.25, -0.2) is 4.98 Å². The second-order valence-corrected chi connectivity index (χ2v) is 4.96. The van der Waals surface area contributed by atoms with Gasteiger partial charge < -0.3 is 10.0 Å². The van der Waals surface area contributed by atoms with Crippen LogP contribution in [-0.4, -0.2) is 40.1 Å². The van der Waals surface area contributed by atoms with Crippen LogP contribution < -0.4 is 0 Å². The number of aryl methyl sites for hydroxylation is 1. The number of aliphatic hydroxyl groups excluding tert-OH is 1. The molecule has 0 aliphatic carbocycles. The van der Waals surface area contributed by atoms with E-state index >= 15 is 0 Å². The van der Waals surface area contributed by atoms with Gasteiger partial charge in [0, 0.05) is 6.54 Å². The Morgan fingerprint density at radius 2 is 2.60 bits per heavy atom. The van der Waals surface area contributed by atoms with Crippen molar-refractivity contribution in [2.75, 3.05) is 13.2 Å². The smallest absolute Gasteiger partial charge is 0.265 e. The van der Waals surface area contributed by atoms with Gasteiger partial charge in [-0.05, 0) is 19.8 Å². The van der Waals surface area contributed by atoms with Crippen LogP contribution >= 0.6 is 11.3 Å². The topological polar surface area (TPSA) is 53.4 Å². The lowest BCUT2D eigenvalue weighted by atomic mass is 10.2. The molecule has 2 heterocycles. The van der Waals surface area contributed by atoms with E-state index in [-0.39, 0.29) is 18.6 Å². The molecule has 0 bridgehead atoms. The lowest BCUT2D eigenvalue weighted by molar-refractivity contribution is 0.0682. The van der Waals surface area contributed by atoms with Gasteiger partial charge in [0.05, 0.1) is 23.9 Å². The molecule has 1 N–H and O–H groups in total. The van der Waals surface area contributed by atoms with Gasteiger partial charge in [-0.2, -0.15) is 0 Å². The van der Waals surface area contributed by atoms with E-state index in [1.165, 1.54) is 11.3 Å². The number of likely N-dealkylation sites (tertiary alicyclic amines) is 1. The number of carbonyl (C=O) groups excluding carboxylic acids is 1. The number of thiazole rings is 1. The van der Waals surface area contributed by atoms with E-state index in [1.54, 1.807) is 11.1 Å². The minimum atomic E-state index is -0.0000869. The molecule has 1 fully saturated rings. The number of rotatable bonds is 2. The standard InChI is InChI=1S/C10H14N2O2S/c1-7-11-5-9(15-7)10(14)12-4-2-3-8(12)6-13/h5,8,13H,2-4,6H2,1H3. The maximum atomic E-state index is 12.0. The van der Waals surface area contributed by atoms with E-state index in [0.29, 0.717) is 4.88 Å². The van der Waals surface area contributed by atoms with Crippen LogP contribution in [0.5, 0.6) is 0 Å². The number of hydrogen-bond acceptors (Lipinski definition) is 4. The van der Waals surface area contributed by atoms with Crippen LogP contribution in [0.3, 0.4) is 0 Å². The van der Waals surface area contributed by atoms with E-state index in [0.717, 1.165) is 24.4 Å². The fourth-order valence-electron chi connectivity index (χ4n) is 1.89. The van der Waals surface area contributed by atoms with Crippen LogP contribution in [-0.2, 0) is 0 Å². The zero-order valence-corrected chi connectivity index (χ0v) is 9.46. The van der Waals surface area contributed by atoms with Crippen LogP contribution in [0.15, 0.2) is 6.20 Å². The summed E-state index contributed by atoms with van der Waals surface area (Å²) in [6.45, 7) is 2.69. The van der Waals surface area contributed by atoms with Gasteiger partial charge in [-0.3, -0.25) is 4.79 Å². The number of carbonyl (C=O) groups is 1. The highest BCUT2D eigenvalue weighted by Crippen LogP contribution is 2.22. The summed E-state index contributed by atoms with van der Waals surface area (Å²) in [7, 11) is 0. The fourth-order valence-corrected chi connectivity index (χ4v) is 2.63. The van der Waals surface area contributed by atoms with Crippen LogP contribution in [0.4, 0.5) is 0 Å². The van der Waals surface area contributed by atoms with Gasteiger partial charge in [-0.15, -0.1) is 11.3 Å². The van der Waals surface area contributed by atoms with Gasteiger partial charge in [0.25, 0.3) is 5.91 Å². The van der Waals surface area contributed by atoms with Crippen molar-refractivity contribution in [2.45, 2.75) is 25.8 Å². The molecule has 1 saturated heterocycles. The summed E-state index contributed by atoms with van der Waals surface area (Å²) in [5, 5.41) is 10.0. The van der Waals surface area contributed by atoms with Gasteiger partial charge in [0.2, 0.25) is 0 Å². The van der Waals surface area contributed by atoms with Gasteiger partial charge in [0.15, 0.2) is 0 Å². The molecule has 1 amide bonds. The Balaban J connectivity index is 2.13. The average Bonchev–Trinajstić information content (AvgIpc) is 2.84. The number of aromatic nitrogens is 1. The Morgan fingerprint density at radius 3 is 3.20 bits per heavy atom. The largest absolute Gasteiger partial charge is 0.394 e. The first-order valence-electron chi connectivity index (χ1n) is 5.06. The highest BCUT2D eigenvalue weighted by Gasteiger charge is 2.29. The minimum Gasteiger partial charge on any atom is -0.394 e. The molecule has 0 aromatic carbocycles. The van der Waals surface area contributed by atoms with E-state index in [2.05, 4.69) is 4.98 Å². The van der Waals surface area contributed by atoms with Crippen molar-refractivity contribution in [3.05, 3.63) is 16.1 Å². The maximum absolute atomic E-state index is 12.0. The summed E-state index contributed by atoms with van der Waals surface area (Å²) < 4.78 is 0. The van der Waals surface area contributed by atoms with Crippen molar-refractivity contribution >= 4 is 17.2 Å². The third-order valence-corrected chi connectivity index (χ3v) is 3.58. The fraction of sp³-hybridized carbons (Fsp3) is 0.600. The summed E-state index contributed by atoms with van der Waals surface area (Å²) in [5.74, 6) is 0.0113. The Morgan fingerprint density at radius 1 is 1.80 bits per heavy atom. The molecule has 0 spiro atoms. The third-order valence-electron chi connectivity index (χ3n) is 2.68. The number of aliphatic hydroxyl groups is 1. The van der Waals surface area contributed by atoms with E-state index in [4.69, 9.17) is 5.11 Å². The molecule has 1 aromatic heterocycles. The predicted octanol–water partition coefficient (Wildman–Crippen LogP) is 1.05. The third kappa shape index (κ3) is 2.03. The first kappa shape index (κ1) is 10.6. The average molecular weight is 226 g/mol. The molecule has 82 valence electrons. The summed E-state index contributed by atoms with van der Waals surface area (Å²) in [5.41, 5.74) is 0. The normalized spacial score (nSPS) is 20.9. The molecular formula is C10H14N2O2S. The molecule has 2 rings (SSSR count). The van der Waals surface area contributed by atoms with Crippen molar-refractivity contribution in [1.82, 2.24) is 9.88 Å². The first-order valence-corrected chi connectivity index (χ1v) is 5.88. The van der Waals surface area contributed by atoms with Crippen molar-refractivity contribution in [2.24, 2.45) is 0 Å². The van der Waals surface area contributed by atoms with Crippen LogP contribution in [0.2, 0.25) is 0 Å². The van der Waals surface area contributed by atoms with Crippen molar-refractivity contribution in [3.63, 3.8) is 0 Å². The lowest BCUT2D eigenvalue weighted by Gasteiger charge is -2.21. The minimum absolute atomic E-state index is 0.0000869. The number of nitrogens with zero attached hydrogens (tertiary/aromatic N) is 2. The maximum Gasteiger partial charge on any atom is 0.265 e. The highest BCUT2D eigenvalue weighted by molar-refractivity contribution is 7.13. The molecule has 1 aliphatic rings. The number of hydrogen-bond donors (Lipinski definition) is 1. The van der Waals surface area contributed by atoms with E-state index in [9.17, 15) is 4.79 Å². The molecule has 1 aliphatic heterocycles. The van der Waals surface area contributed by atoms with Gasteiger partial charge >= 0.3 is 0 Å². The zero-order chi connectivity index (χ0) is 10.8. The van der Waals surface area contributed by atoms with Crippen LogP contribution in [0.1, 0.15) is 27.5 Å². The SMILES string of the molecule is Cc1ncc(C(=O)N2CCCC2CO)s1.